The SMILES string of the molecule is COC(=O)c1ccccc1S(=O)(=O)N(C(N)=NN)c1nc(OC)cc(OC)n1. The van der Waals surface area contributed by atoms with E-state index in [9.17, 15) is 13.2 Å². The number of hydrogen-bond acceptors (Lipinski definition) is 10. The first kappa shape index (κ1) is 20.7. The number of esters is 1. The van der Waals surface area contributed by atoms with Gasteiger partial charge in [0.15, 0.2) is 0 Å². The molecule has 0 spiro atoms. The maximum atomic E-state index is 13.3. The van der Waals surface area contributed by atoms with Gasteiger partial charge in [-0.2, -0.15) is 14.3 Å². The lowest BCUT2D eigenvalue weighted by Crippen LogP contribution is -2.44. The molecule has 1 aromatic heterocycles. The van der Waals surface area contributed by atoms with Crippen molar-refractivity contribution < 1.29 is 27.4 Å². The Morgan fingerprint density at radius 2 is 1.68 bits per heavy atom. The monoisotopic (exact) mass is 410 g/mol. The van der Waals surface area contributed by atoms with Gasteiger partial charge in [0.2, 0.25) is 17.7 Å². The van der Waals surface area contributed by atoms with Crippen molar-refractivity contribution in [2.45, 2.75) is 4.90 Å². The van der Waals surface area contributed by atoms with Crippen LogP contribution in [-0.4, -0.2) is 51.6 Å². The van der Waals surface area contributed by atoms with E-state index >= 15 is 0 Å². The van der Waals surface area contributed by atoms with Crippen LogP contribution in [0, 0.1) is 0 Å². The van der Waals surface area contributed by atoms with Gasteiger partial charge in [-0.3, -0.25) is 0 Å². The largest absolute Gasteiger partial charge is 0.481 e. The van der Waals surface area contributed by atoms with Crippen LogP contribution in [0.4, 0.5) is 5.95 Å². The second-order valence-corrected chi connectivity index (χ2v) is 6.75. The summed E-state index contributed by atoms with van der Waals surface area (Å²) in [7, 11) is -0.787. The lowest BCUT2D eigenvalue weighted by Gasteiger charge is -2.22. The third-order valence-corrected chi connectivity index (χ3v) is 5.16. The van der Waals surface area contributed by atoms with E-state index in [-0.39, 0.29) is 17.3 Å². The topological polar surface area (TPSA) is 172 Å². The molecule has 13 heteroatoms. The molecule has 0 aliphatic heterocycles. The summed E-state index contributed by atoms with van der Waals surface area (Å²) in [6, 6.07) is 6.68. The third-order valence-electron chi connectivity index (χ3n) is 3.42. The average molecular weight is 410 g/mol. The van der Waals surface area contributed by atoms with Crippen LogP contribution in [-0.2, 0) is 14.8 Å². The summed E-state index contributed by atoms with van der Waals surface area (Å²) in [5.41, 5.74) is 5.48. The summed E-state index contributed by atoms with van der Waals surface area (Å²) < 4.78 is 41.8. The molecule has 0 aliphatic carbocycles. The first-order valence-corrected chi connectivity index (χ1v) is 8.97. The van der Waals surface area contributed by atoms with Crippen LogP contribution in [0.5, 0.6) is 11.8 Å². The number of ether oxygens (including phenoxy) is 3. The number of hydrogen-bond donors (Lipinski definition) is 2. The molecule has 150 valence electrons. The number of nitrogens with zero attached hydrogens (tertiary/aromatic N) is 4. The van der Waals surface area contributed by atoms with Gasteiger partial charge in [-0.15, -0.1) is 5.10 Å². The Bertz CT molecular complexity index is 988. The van der Waals surface area contributed by atoms with E-state index < -0.39 is 32.8 Å². The summed E-state index contributed by atoms with van der Waals surface area (Å²) in [5, 5.41) is 3.23. The van der Waals surface area contributed by atoms with Crippen LogP contribution < -0.4 is 25.4 Å². The normalized spacial score (nSPS) is 11.6. The Labute approximate surface area is 160 Å². The molecular formula is C15H18N6O6S. The van der Waals surface area contributed by atoms with Gasteiger partial charge in [-0.25, -0.2) is 13.2 Å². The van der Waals surface area contributed by atoms with Gasteiger partial charge in [0.25, 0.3) is 16.0 Å². The van der Waals surface area contributed by atoms with E-state index in [1.807, 2.05) is 0 Å². The van der Waals surface area contributed by atoms with Crippen molar-refractivity contribution in [2.75, 3.05) is 25.6 Å². The number of benzene rings is 1. The molecule has 0 fully saturated rings. The van der Waals surface area contributed by atoms with Crippen LogP contribution in [0.1, 0.15) is 10.4 Å². The van der Waals surface area contributed by atoms with Crippen molar-refractivity contribution in [3.8, 4) is 11.8 Å². The van der Waals surface area contributed by atoms with E-state index in [2.05, 4.69) is 19.8 Å². The molecule has 0 saturated carbocycles. The van der Waals surface area contributed by atoms with E-state index in [0.717, 1.165) is 7.11 Å². The molecule has 0 aliphatic rings. The second kappa shape index (κ2) is 8.39. The Kier molecular flexibility index (Phi) is 6.20. The fraction of sp³-hybridized carbons (Fsp3) is 0.200. The number of hydrazone groups is 1. The summed E-state index contributed by atoms with van der Waals surface area (Å²) in [4.78, 5) is 19.5. The lowest BCUT2D eigenvalue weighted by molar-refractivity contribution is 0.0596. The number of aromatic nitrogens is 2. The number of anilines is 1. The van der Waals surface area contributed by atoms with Crippen molar-refractivity contribution >= 4 is 27.9 Å². The Hall–Kier alpha value is -3.61. The highest BCUT2D eigenvalue weighted by molar-refractivity contribution is 7.93. The predicted molar refractivity (Wildman–Crippen MR) is 98.4 cm³/mol. The van der Waals surface area contributed by atoms with Crippen LogP contribution in [0.15, 0.2) is 40.3 Å². The molecule has 0 unspecified atom stereocenters. The van der Waals surface area contributed by atoms with Crippen LogP contribution in [0.2, 0.25) is 0 Å². The van der Waals surface area contributed by atoms with Crippen LogP contribution >= 0.6 is 0 Å². The van der Waals surface area contributed by atoms with Gasteiger partial charge in [-0.05, 0) is 12.1 Å². The van der Waals surface area contributed by atoms with Gasteiger partial charge in [0, 0.05) is 0 Å². The molecular weight excluding hydrogens is 392 g/mol. The molecule has 1 heterocycles. The number of carbonyl (C=O) groups is 1. The molecule has 1 aromatic carbocycles. The van der Waals surface area contributed by atoms with Crippen molar-refractivity contribution in [2.24, 2.45) is 16.7 Å². The minimum Gasteiger partial charge on any atom is -0.481 e. The predicted octanol–water partition coefficient (Wildman–Crippen LogP) is -0.336. The van der Waals surface area contributed by atoms with Gasteiger partial charge in [0.1, 0.15) is 4.90 Å². The number of sulfonamides is 1. The summed E-state index contributed by atoms with van der Waals surface area (Å²) in [6.45, 7) is 0. The molecule has 2 rings (SSSR count). The number of rotatable bonds is 6. The number of methoxy groups -OCH3 is 3. The lowest BCUT2D eigenvalue weighted by atomic mass is 10.2. The van der Waals surface area contributed by atoms with Gasteiger partial charge in [0.05, 0.1) is 33.0 Å². The van der Waals surface area contributed by atoms with Crippen LogP contribution in [0.25, 0.3) is 0 Å². The maximum Gasteiger partial charge on any atom is 0.339 e. The third kappa shape index (κ3) is 3.88. The molecule has 0 amide bonds. The van der Waals surface area contributed by atoms with Crippen LogP contribution in [0.3, 0.4) is 0 Å². The minimum absolute atomic E-state index is 0.00637. The zero-order valence-electron chi connectivity index (χ0n) is 15.2. The first-order chi connectivity index (χ1) is 13.3. The summed E-state index contributed by atoms with van der Waals surface area (Å²) in [5.74, 6) is 3.20. The summed E-state index contributed by atoms with van der Waals surface area (Å²) in [6.07, 6.45) is 0. The highest BCUT2D eigenvalue weighted by Gasteiger charge is 2.34. The smallest absolute Gasteiger partial charge is 0.339 e. The zero-order chi connectivity index (χ0) is 20.9. The molecule has 2 aromatic rings. The van der Waals surface area contributed by atoms with E-state index in [0.29, 0.717) is 4.31 Å². The molecule has 4 N–H and O–H groups in total. The van der Waals surface area contributed by atoms with Crippen molar-refractivity contribution in [1.82, 2.24) is 9.97 Å². The standard InChI is InChI=1S/C15H18N6O6S/c1-25-11-8-12(26-2)19-15(18-11)21(14(16)20-17)28(23,24)10-7-5-4-6-9(10)13(22)27-3/h4-8H,17H2,1-3H3,(H2,16,20). The molecule has 0 radical (unpaired) electrons. The van der Waals surface area contributed by atoms with Gasteiger partial charge >= 0.3 is 5.97 Å². The molecule has 0 saturated heterocycles. The number of carbonyl (C=O) groups excluding carboxylic acids is 1. The number of nitrogens with two attached hydrogens (primary N) is 2. The van der Waals surface area contributed by atoms with E-state index in [4.69, 9.17) is 21.1 Å². The highest BCUT2D eigenvalue weighted by atomic mass is 32.2. The molecule has 28 heavy (non-hydrogen) atoms. The Morgan fingerprint density at radius 3 is 2.18 bits per heavy atom. The van der Waals surface area contributed by atoms with Gasteiger partial charge in [-0.1, -0.05) is 12.1 Å². The molecule has 0 atom stereocenters. The van der Waals surface area contributed by atoms with E-state index in [1.165, 1.54) is 44.6 Å². The van der Waals surface area contributed by atoms with Crippen molar-refractivity contribution in [3.05, 3.63) is 35.9 Å². The Balaban J connectivity index is 2.77. The quantitative estimate of drug-likeness (QED) is 0.211. The minimum atomic E-state index is -4.54. The van der Waals surface area contributed by atoms with Crippen molar-refractivity contribution in [3.63, 3.8) is 0 Å². The average Bonchev–Trinajstić information content (AvgIpc) is 2.72. The first-order valence-electron chi connectivity index (χ1n) is 7.53. The maximum absolute atomic E-state index is 13.3. The molecule has 12 nitrogen and oxygen atoms in total. The van der Waals surface area contributed by atoms with E-state index in [1.54, 1.807) is 0 Å². The number of guanidine groups is 1. The summed E-state index contributed by atoms with van der Waals surface area (Å²) >= 11 is 0. The van der Waals surface area contributed by atoms with Gasteiger partial charge < -0.3 is 25.8 Å². The second-order valence-electron chi connectivity index (χ2n) is 5.00. The van der Waals surface area contributed by atoms with Crippen molar-refractivity contribution in [1.29, 1.82) is 0 Å². The Morgan fingerprint density at radius 1 is 1.11 bits per heavy atom. The fourth-order valence-electron chi connectivity index (χ4n) is 2.15. The highest BCUT2D eigenvalue weighted by Crippen LogP contribution is 2.27. The fourth-order valence-corrected chi connectivity index (χ4v) is 3.61. The zero-order valence-corrected chi connectivity index (χ0v) is 16.0. The molecule has 0 bridgehead atoms.